The van der Waals surface area contributed by atoms with E-state index in [2.05, 4.69) is 38.2 Å². The molecule has 102 valence electrons. The molecule has 19 heavy (non-hydrogen) atoms. The molecule has 0 spiro atoms. The van der Waals surface area contributed by atoms with Gasteiger partial charge in [0.05, 0.1) is 12.6 Å². The highest BCUT2D eigenvalue weighted by molar-refractivity contribution is 5.94. The summed E-state index contributed by atoms with van der Waals surface area (Å²) in [6.45, 7) is 7.28. The van der Waals surface area contributed by atoms with Crippen LogP contribution in [0, 0.1) is 6.92 Å². The van der Waals surface area contributed by atoms with Crippen molar-refractivity contribution in [1.82, 2.24) is 4.98 Å². The van der Waals surface area contributed by atoms with Gasteiger partial charge in [-0.2, -0.15) is 0 Å². The molecule has 0 unspecified atom stereocenters. The molecule has 1 aromatic carbocycles. The van der Waals surface area contributed by atoms with Crippen LogP contribution in [-0.4, -0.2) is 18.6 Å². The van der Waals surface area contributed by atoms with Crippen molar-refractivity contribution in [1.29, 1.82) is 0 Å². The van der Waals surface area contributed by atoms with Crippen LogP contribution >= 0.6 is 0 Å². The molecule has 0 saturated heterocycles. The number of methoxy groups -OCH3 is 1. The summed E-state index contributed by atoms with van der Waals surface area (Å²) in [7, 11) is 1.70. The molecule has 0 saturated carbocycles. The molecule has 0 bridgehead atoms. The van der Waals surface area contributed by atoms with Gasteiger partial charge in [-0.25, -0.2) is 0 Å². The van der Waals surface area contributed by atoms with Gasteiger partial charge in [-0.05, 0) is 44.0 Å². The Balaban J connectivity index is 2.67. The molecule has 0 aliphatic rings. The van der Waals surface area contributed by atoms with E-state index in [9.17, 15) is 0 Å². The zero-order chi connectivity index (χ0) is 13.8. The number of rotatable bonds is 5. The molecule has 2 rings (SSSR count). The highest BCUT2D eigenvalue weighted by atomic mass is 16.5. The van der Waals surface area contributed by atoms with E-state index in [1.807, 2.05) is 6.07 Å². The molecule has 0 aliphatic carbocycles. The first kappa shape index (κ1) is 13.7. The third kappa shape index (κ3) is 2.80. The van der Waals surface area contributed by atoms with E-state index in [-0.39, 0.29) is 0 Å². The summed E-state index contributed by atoms with van der Waals surface area (Å²) in [5.74, 6) is 0.884. The Hall–Kier alpha value is -1.77. The number of ether oxygens (including phenoxy) is 1. The van der Waals surface area contributed by atoms with Crippen LogP contribution in [0.1, 0.15) is 31.5 Å². The second-order valence-electron chi connectivity index (χ2n) is 4.78. The van der Waals surface area contributed by atoms with E-state index >= 15 is 0 Å². The van der Waals surface area contributed by atoms with E-state index in [0.717, 1.165) is 53.0 Å². The number of nitrogens with zero attached hydrogens (tertiary/aromatic N) is 1. The summed E-state index contributed by atoms with van der Waals surface area (Å²) in [4.78, 5) is 4.79. The van der Waals surface area contributed by atoms with E-state index < -0.39 is 0 Å². The van der Waals surface area contributed by atoms with E-state index in [4.69, 9.17) is 9.72 Å². The molecule has 0 aliphatic heterocycles. The molecule has 3 nitrogen and oxygen atoms in total. The van der Waals surface area contributed by atoms with Crippen molar-refractivity contribution >= 4 is 16.6 Å². The van der Waals surface area contributed by atoms with E-state index in [0.29, 0.717) is 0 Å². The molecule has 2 aromatic rings. The summed E-state index contributed by atoms with van der Waals surface area (Å²) in [6, 6.07) is 6.26. The first-order valence-corrected chi connectivity index (χ1v) is 6.91. The van der Waals surface area contributed by atoms with Crippen molar-refractivity contribution in [2.45, 2.75) is 33.6 Å². The standard InChI is InChI=1S/C16H22N2O/c1-5-7-12-9-15(17-6-2)14-10-13(19-4)8-11(3)16(14)18-12/h8-10H,5-7H2,1-4H3,(H,17,18). The smallest absolute Gasteiger partial charge is 0.119 e. The predicted molar refractivity (Wildman–Crippen MR) is 81.2 cm³/mol. The van der Waals surface area contributed by atoms with E-state index in [1.54, 1.807) is 7.11 Å². The minimum absolute atomic E-state index is 0.884. The fourth-order valence-corrected chi connectivity index (χ4v) is 2.36. The fourth-order valence-electron chi connectivity index (χ4n) is 2.36. The van der Waals surface area contributed by atoms with Crippen LogP contribution in [0.25, 0.3) is 10.9 Å². The molecule has 0 radical (unpaired) electrons. The maximum Gasteiger partial charge on any atom is 0.119 e. The van der Waals surface area contributed by atoms with Gasteiger partial charge in [0.25, 0.3) is 0 Å². The van der Waals surface area contributed by atoms with E-state index in [1.165, 1.54) is 0 Å². The van der Waals surface area contributed by atoms with Gasteiger partial charge in [0.2, 0.25) is 0 Å². The van der Waals surface area contributed by atoms with Crippen molar-refractivity contribution in [3.8, 4) is 5.75 Å². The van der Waals surface area contributed by atoms with Gasteiger partial charge in [-0.1, -0.05) is 13.3 Å². The van der Waals surface area contributed by atoms with Crippen LogP contribution in [0.15, 0.2) is 18.2 Å². The van der Waals surface area contributed by atoms with Gasteiger partial charge in [-0.3, -0.25) is 4.98 Å². The van der Waals surface area contributed by atoms with Crippen LogP contribution in [0.4, 0.5) is 5.69 Å². The lowest BCUT2D eigenvalue weighted by Crippen LogP contribution is -2.02. The Morgan fingerprint density at radius 2 is 2.00 bits per heavy atom. The lowest BCUT2D eigenvalue weighted by atomic mass is 10.1. The normalized spacial score (nSPS) is 10.7. The van der Waals surface area contributed by atoms with Crippen LogP contribution in [-0.2, 0) is 6.42 Å². The first-order chi connectivity index (χ1) is 9.19. The monoisotopic (exact) mass is 258 g/mol. The Labute approximate surface area is 115 Å². The maximum absolute atomic E-state index is 5.36. The van der Waals surface area contributed by atoms with Gasteiger partial charge in [0.15, 0.2) is 0 Å². The number of pyridine rings is 1. The molecule has 1 heterocycles. The minimum atomic E-state index is 0.884. The average Bonchev–Trinajstić information content (AvgIpc) is 2.40. The molecule has 0 fully saturated rings. The quantitative estimate of drug-likeness (QED) is 0.882. The number of aromatic nitrogens is 1. The second kappa shape index (κ2) is 5.91. The number of aryl methyl sites for hydroxylation is 2. The molecule has 0 atom stereocenters. The topological polar surface area (TPSA) is 34.1 Å². The van der Waals surface area contributed by atoms with Crippen LogP contribution < -0.4 is 10.1 Å². The number of fused-ring (bicyclic) bond motifs is 1. The maximum atomic E-state index is 5.36. The molecule has 3 heteroatoms. The minimum Gasteiger partial charge on any atom is -0.497 e. The fraction of sp³-hybridized carbons (Fsp3) is 0.438. The summed E-state index contributed by atoms with van der Waals surface area (Å²) in [6.07, 6.45) is 2.12. The number of hydrogen-bond acceptors (Lipinski definition) is 3. The Morgan fingerprint density at radius 3 is 2.63 bits per heavy atom. The highest BCUT2D eigenvalue weighted by Crippen LogP contribution is 2.30. The van der Waals surface area contributed by atoms with Crippen LogP contribution in [0.2, 0.25) is 0 Å². The summed E-state index contributed by atoms with van der Waals surface area (Å²) < 4.78 is 5.36. The van der Waals surface area contributed by atoms with Crippen molar-refractivity contribution in [2.24, 2.45) is 0 Å². The first-order valence-electron chi connectivity index (χ1n) is 6.91. The summed E-state index contributed by atoms with van der Waals surface area (Å²) >= 11 is 0. The van der Waals surface area contributed by atoms with Gasteiger partial charge >= 0.3 is 0 Å². The number of benzene rings is 1. The SMILES string of the molecule is CCCc1cc(NCC)c2cc(OC)cc(C)c2n1. The van der Waals surface area contributed by atoms with Gasteiger partial charge < -0.3 is 10.1 Å². The summed E-state index contributed by atoms with van der Waals surface area (Å²) in [5, 5.41) is 4.57. The lowest BCUT2D eigenvalue weighted by molar-refractivity contribution is 0.415. The zero-order valence-corrected chi connectivity index (χ0v) is 12.2. The number of hydrogen-bond donors (Lipinski definition) is 1. The number of anilines is 1. The predicted octanol–water partition coefficient (Wildman–Crippen LogP) is 3.94. The molecule has 1 aromatic heterocycles. The van der Waals surface area contributed by atoms with Crippen molar-refractivity contribution in [3.63, 3.8) is 0 Å². The Morgan fingerprint density at radius 1 is 1.21 bits per heavy atom. The summed E-state index contributed by atoms with van der Waals surface area (Å²) in [5.41, 5.74) is 4.53. The van der Waals surface area contributed by atoms with Crippen molar-refractivity contribution < 1.29 is 4.74 Å². The van der Waals surface area contributed by atoms with Crippen LogP contribution in [0.5, 0.6) is 5.75 Å². The molecule has 1 N–H and O–H groups in total. The Kier molecular flexibility index (Phi) is 4.25. The lowest BCUT2D eigenvalue weighted by Gasteiger charge is -2.13. The van der Waals surface area contributed by atoms with Gasteiger partial charge in [-0.15, -0.1) is 0 Å². The largest absolute Gasteiger partial charge is 0.497 e. The third-order valence-corrected chi connectivity index (χ3v) is 3.24. The zero-order valence-electron chi connectivity index (χ0n) is 12.2. The third-order valence-electron chi connectivity index (χ3n) is 3.24. The molecule has 0 amide bonds. The van der Waals surface area contributed by atoms with Crippen molar-refractivity contribution in [2.75, 3.05) is 19.0 Å². The Bertz CT molecular complexity index is 578. The average molecular weight is 258 g/mol. The highest BCUT2D eigenvalue weighted by Gasteiger charge is 2.09. The van der Waals surface area contributed by atoms with Gasteiger partial charge in [0, 0.05) is 23.3 Å². The van der Waals surface area contributed by atoms with Crippen molar-refractivity contribution in [3.05, 3.63) is 29.5 Å². The van der Waals surface area contributed by atoms with Crippen LogP contribution in [0.3, 0.4) is 0 Å². The van der Waals surface area contributed by atoms with Gasteiger partial charge in [0.1, 0.15) is 5.75 Å². The second-order valence-corrected chi connectivity index (χ2v) is 4.78. The molecular formula is C16H22N2O. The number of nitrogens with one attached hydrogen (secondary N) is 1. The molecular weight excluding hydrogens is 236 g/mol.